The summed E-state index contributed by atoms with van der Waals surface area (Å²) < 4.78 is 0. The molecule has 11 heavy (non-hydrogen) atoms. The molecule has 0 aromatic heterocycles. The van der Waals surface area contributed by atoms with Crippen molar-refractivity contribution in [2.75, 3.05) is 7.11 Å². The van der Waals surface area contributed by atoms with Crippen molar-refractivity contribution >= 4 is 0 Å². The minimum absolute atomic E-state index is 0.192. The van der Waals surface area contributed by atoms with Gasteiger partial charge < -0.3 is 0 Å². The zero-order valence-electron chi connectivity index (χ0n) is 7.51. The van der Waals surface area contributed by atoms with E-state index in [-0.39, 0.29) is 6.10 Å². The van der Waals surface area contributed by atoms with E-state index in [4.69, 9.17) is 4.89 Å². The molecule has 0 aromatic carbocycles. The summed E-state index contributed by atoms with van der Waals surface area (Å²) in [6.07, 6.45) is 6.35. The van der Waals surface area contributed by atoms with Gasteiger partial charge in [-0.25, -0.2) is 9.78 Å². The molecule has 0 heterocycles. The molecule has 0 aliphatic carbocycles. The van der Waals surface area contributed by atoms with Crippen LogP contribution in [0.4, 0.5) is 0 Å². The third kappa shape index (κ3) is 6.07. The molecule has 0 saturated carbocycles. The molecular weight excluding hydrogens is 140 g/mol. The standard InChI is InChI=1S/C9H18O2/c1-4-6-8-9(7-5-2)11-10-3/h5,9H,2,4,6-8H2,1,3H3. The first-order valence-electron chi connectivity index (χ1n) is 4.15. The Kier molecular flexibility index (Phi) is 7.52. The van der Waals surface area contributed by atoms with E-state index in [9.17, 15) is 0 Å². The van der Waals surface area contributed by atoms with Crippen LogP contribution in [0.5, 0.6) is 0 Å². The first-order chi connectivity index (χ1) is 5.35. The molecule has 66 valence electrons. The van der Waals surface area contributed by atoms with E-state index in [1.54, 1.807) is 7.11 Å². The Labute approximate surface area is 69.1 Å². The Morgan fingerprint density at radius 2 is 2.27 bits per heavy atom. The summed E-state index contributed by atoms with van der Waals surface area (Å²) in [7, 11) is 1.54. The van der Waals surface area contributed by atoms with Gasteiger partial charge in [0.2, 0.25) is 0 Å². The van der Waals surface area contributed by atoms with Crippen molar-refractivity contribution in [3.05, 3.63) is 12.7 Å². The average Bonchev–Trinajstić information content (AvgIpc) is 2.01. The quantitative estimate of drug-likeness (QED) is 0.322. The first kappa shape index (κ1) is 10.7. The number of hydrogen-bond acceptors (Lipinski definition) is 2. The monoisotopic (exact) mass is 158 g/mol. The average molecular weight is 158 g/mol. The van der Waals surface area contributed by atoms with Crippen molar-refractivity contribution in [1.82, 2.24) is 0 Å². The fourth-order valence-electron chi connectivity index (χ4n) is 0.959. The highest BCUT2D eigenvalue weighted by Crippen LogP contribution is 2.08. The van der Waals surface area contributed by atoms with Gasteiger partial charge in [0.25, 0.3) is 0 Å². The minimum atomic E-state index is 0.192. The van der Waals surface area contributed by atoms with Gasteiger partial charge >= 0.3 is 0 Å². The second kappa shape index (κ2) is 7.76. The largest absolute Gasteiger partial charge is 0.240 e. The highest BCUT2D eigenvalue weighted by molar-refractivity contribution is 4.72. The molecule has 0 fully saturated rings. The van der Waals surface area contributed by atoms with Gasteiger partial charge in [0, 0.05) is 0 Å². The van der Waals surface area contributed by atoms with Crippen molar-refractivity contribution < 1.29 is 9.78 Å². The molecule has 0 N–H and O–H groups in total. The van der Waals surface area contributed by atoms with E-state index in [0.717, 1.165) is 12.8 Å². The Hall–Kier alpha value is -0.340. The van der Waals surface area contributed by atoms with Crippen molar-refractivity contribution in [2.45, 2.75) is 38.7 Å². The Morgan fingerprint density at radius 1 is 1.55 bits per heavy atom. The minimum Gasteiger partial charge on any atom is -0.240 e. The van der Waals surface area contributed by atoms with Crippen LogP contribution in [0.15, 0.2) is 12.7 Å². The van der Waals surface area contributed by atoms with Crippen LogP contribution in [0.2, 0.25) is 0 Å². The first-order valence-corrected chi connectivity index (χ1v) is 4.15. The van der Waals surface area contributed by atoms with Crippen molar-refractivity contribution in [1.29, 1.82) is 0 Å². The molecule has 0 spiro atoms. The van der Waals surface area contributed by atoms with E-state index in [1.807, 2.05) is 6.08 Å². The summed E-state index contributed by atoms with van der Waals surface area (Å²) in [5.41, 5.74) is 0. The molecule has 0 aliphatic heterocycles. The van der Waals surface area contributed by atoms with E-state index in [2.05, 4.69) is 18.4 Å². The molecule has 1 atom stereocenters. The SMILES string of the molecule is C=CCC(CCCC)OOC. The van der Waals surface area contributed by atoms with E-state index < -0.39 is 0 Å². The highest BCUT2D eigenvalue weighted by atomic mass is 17.2. The molecule has 0 saturated heterocycles. The van der Waals surface area contributed by atoms with Crippen LogP contribution >= 0.6 is 0 Å². The maximum atomic E-state index is 5.01. The van der Waals surface area contributed by atoms with Gasteiger partial charge in [0.15, 0.2) is 0 Å². The molecule has 0 bridgehead atoms. The second-order valence-electron chi connectivity index (χ2n) is 2.55. The fraction of sp³-hybridized carbons (Fsp3) is 0.778. The summed E-state index contributed by atoms with van der Waals surface area (Å²) in [5, 5.41) is 0. The third-order valence-electron chi connectivity index (χ3n) is 1.54. The van der Waals surface area contributed by atoms with Crippen LogP contribution in [0.25, 0.3) is 0 Å². The van der Waals surface area contributed by atoms with Gasteiger partial charge in [-0.15, -0.1) is 6.58 Å². The molecule has 2 heteroatoms. The summed E-state index contributed by atoms with van der Waals surface area (Å²) in [5.74, 6) is 0. The lowest BCUT2D eigenvalue weighted by molar-refractivity contribution is -0.305. The van der Waals surface area contributed by atoms with Crippen molar-refractivity contribution in [3.8, 4) is 0 Å². The van der Waals surface area contributed by atoms with Gasteiger partial charge in [-0.1, -0.05) is 25.8 Å². The normalized spacial score (nSPS) is 12.9. The van der Waals surface area contributed by atoms with Crippen LogP contribution in [0, 0.1) is 0 Å². The second-order valence-corrected chi connectivity index (χ2v) is 2.55. The van der Waals surface area contributed by atoms with Crippen LogP contribution in [-0.4, -0.2) is 13.2 Å². The van der Waals surface area contributed by atoms with Gasteiger partial charge in [-0.05, 0) is 12.8 Å². The fourth-order valence-corrected chi connectivity index (χ4v) is 0.959. The topological polar surface area (TPSA) is 18.5 Å². The Morgan fingerprint density at radius 3 is 2.73 bits per heavy atom. The molecule has 0 aliphatic rings. The summed E-state index contributed by atoms with van der Waals surface area (Å²) >= 11 is 0. The van der Waals surface area contributed by atoms with Gasteiger partial charge in [-0.3, -0.25) is 0 Å². The van der Waals surface area contributed by atoms with Crippen LogP contribution in [0.1, 0.15) is 32.6 Å². The van der Waals surface area contributed by atoms with Gasteiger partial charge in [0.1, 0.15) is 0 Å². The van der Waals surface area contributed by atoms with E-state index in [0.29, 0.717) is 0 Å². The summed E-state index contributed by atoms with van der Waals surface area (Å²) in [4.78, 5) is 9.62. The molecule has 2 nitrogen and oxygen atoms in total. The lowest BCUT2D eigenvalue weighted by Gasteiger charge is -2.12. The number of unbranched alkanes of at least 4 members (excludes halogenated alkanes) is 1. The molecule has 1 unspecified atom stereocenters. The van der Waals surface area contributed by atoms with Gasteiger partial charge in [-0.2, -0.15) is 0 Å². The molecule has 0 radical (unpaired) electrons. The molecule has 0 amide bonds. The maximum absolute atomic E-state index is 5.01. The van der Waals surface area contributed by atoms with E-state index in [1.165, 1.54) is 12.8 Å². The third-order valence-corrected chi connectivity index (χ3v) is 1.54. The van der Waals surface area contributed by atoms with E-state index >= 15 is 0 Å². The van der Waals surface area contributed by atoms with Gasteiger partial charge in [0.05, 0.1) is 13.2 Å². The lowest BCUT2D eigenvalue weighted by atomic mass is 10.1. The molecular formula is C9H18O2. The summed E-state index contributed by atoms with van der Waals surface area (Å²) in [6.45, 7) is 5.82. The lowest BCUT2D eigenvalue weighted by Crippen LogP contribution is -2.10. The zero-order chi connectivity index (χ0) is 8.53. The molecule has 0 aromatic rings. The number of hydrogen-bond donors (Lipinski definition) is 0. The van der Waals surface area contributed by atoms with Crippen LogP contribution < -0.4 is 0 Å². The molecule has 0 rings (SSSR count). The Balaban J connectivity index is 3.41. The Bertz CT molecular complexity index is 91.6. The van der Waals surface area contributed by atoms with Crippen LogP contribution in [0.3, 0.4) is 0 Å². The zero-order valence-corrected chi connectivity index (χ0v) is 7.51. The smallest absolute Gasteiger partial charge is 0.0964 e. The van der Waals surface area contributed by atoms with Crippen molar-refractivity contribution in [3.63, 3.8) is 0 Å². The van der Waals surface area contributed by atoms with Crippen molar-refractivity contribution in [2.24, 2.45) is 0 Å². The maximum Gasteiger partial charge on any atom is 0.0964 e. The predicted octanol–water partition coefficient (Wildman–Crippen LogP) is 2.70. The number of rotatable bonds is 7. The van der Waals surface area contributed by atoms with Crippen LogP contribution in [-0.2, 0) is 9.78 Å². The predicted molar refractivity (Wildman–Crippen MR) is 46.2 cm³/mol. The highest BCUT2D eigenvalue weighted by Gasteiger charge is 2.05. The summed E-state index contributed by atoms with van der Waals surface area (Å²) in [6, 6.07) is 0.